The average molecular weight is 526 g/mol. The molecule has 2 aromatic carbocycles. The Bertz CT molecular complexity index is 908. The number of halogens is 2. The van der Waals surface area contributed by atoms with Crippen LogP contribution in [0.5, 0.6) is 0 Å². The zero-order valence-corrected chi connectivity index (χ0v) is 18.0. The molecule has 0 amide bonds. The van der Waals surface area contributed by atoms with E-state index in [1.807, 2.05) is 0 Å². The van der Waals surface area contributed by atoms with Gasteiger partial charge in [-0.3, -0.25) is 14.2 Å². The van der Waals surface area contributed by atoms with E-state index in [0.29, 0.717) is 0 Å². The van der Waals surface area contributed by atoms with Gasteiger partial charge >= 0.3 is 0 Å². The summed E-state index contributed by atoms with van der Waals surface area (Å²) in [6.07, 6.45) is 0. The highest BCUT2D eigenvalue weighted by Crippen LogP contribution is 2.16. The van der Waals surface area contributed by atoms with Gasteiger partial charge in [0.1, 0.15) is 11.5 Å². The molecule has 26 heavy (non-hydrogen) atoms. The van der Waals surface area contributed by atoms with Gasteiger partial charge in [0.05, 0.1) is 0 Å². The normalized spacial score (nSPS) is 11.8. The van der Waals surface area contributed by atoms with Gasteiger partial charge in [-0.05, 0) is 48.5 Å². The predicted molar refractivity (Wildman–Crippen MR) is 108 cm³/mol. The topological polar surface area (TPSA) is 109 Å². The lowest BCUT2D eigenvalue weighted by Gasteiger charge is -2.09. The minimum Gasteiger partial charge on any atom is -0.297 e. The maximum absolute atomic E-state index is 12.0. The third-order valence-electron chi connectivity index (χ3n) is 2.94. The summed E-state index contributed by atoms with van der Waals surface area (Å²) in [7, 11) is -8.02. The van der Waals surface area contributed by atoms with Crippen LogP contribution in [0.1, 0.15) is 0 Å². The lowest BCUT2D eigenvalue weighted by Crippen LogP contribution is -2.30. The van der Waals surface area contributed by atoms with E-state index < -0.39 is 37.3 Å². The SMILES string of the molecule is O=C(CS(=O)(=O)Nc1ccc(Br)cc1)CS(=O)(=O)Nc1ccc(Br)cc1. The van der Waals surface area contributed by atoms with Crippen molar-refractivity contribution in [3.05, 3.63) is 57.5 Å². The number of Topliss-reactive ketones (excluding diaryl/α,β-unsaturated/α-hetero) is 1. The molecule has 0 radical (unpaired) electrons. The molecule has 0 aliphatic rings. The van der Waals surface area contributed by atoms with Crippen LogP contribution in [0.4, 0.5) is 11.4 Å². The molecule has 0 saturated heterocycles. The van der Waals surface area contributed by atoms with Crippen LogP contribution < -0.4 is 9.44 Å². The number of rotatable bonds is 8. The maximum atomic E-state index is 12.0. The molecule has 0 aliphatic carbocycles. The lowest BCUT2D eigenvalue weighted by atomic mass is 10.3. The number of anilines is 2. The second-order valence-electron chi connectivity index (χ2n) is 5.27. The Morgan fingerprint density at radius 2 is 1.00 bits per heavy atom. The Kier molecular flexibility index (Phi) is 6.83. The van der Waals surface area contributed by atoms with Crippen molar-refractivity contribution in [3.8, 4) is 0 Å². The fourth-order valence-electron chi connectivity index (χ4n) is 1.93. The quantitative estimate of drug-likeness (QED) is 0.550. The molecule has 2 N–H and O–H groups in total. The van der Waals surface area contributed by atoms with Crippen LogP contribution in [0.15, 0.2) is 57.5 Å². The van der Waals surface area contributed by atoms with Gasteiger partial charge in [0.2, 0.25) is 20.0 Å². The molecule has 0 unspecified atom stereocenters. The molecule has 0 saturated carbocycles. The highest BCUT2D eigenvalue weighted by Gasteiger charge is 2.22. The molecule has 0 atom stereocenters. The Morgan fingerprint density at radius 1 is 0.692 bits per heavy atom. The number of carbonyl (C=O) groups is 1. The van der Waals surface area contributed by atoms with Gasteiger partial charge in [-0.1, -0.05) is 31.9 Å². The molecule has 7 nitrogen and oxygen atoms in total. The Hall–Kier alpha value is -1.43. The smallest absolute Gasteiger partial charge is 0.239 e. The molecule has 0 heterocycles. The fourth-order valence-corrected chi connectivity index (χ4v) is 4.78. The summed E-state index contributed by atoms with van der Waals surface area (Å²) in [5.74, 6) is -2.83. The number of sulfonamides is 2. The largest absolute Gasteiger partial charge is 0.297 e. The van der Waals surface area contributed by atoms with Gasteiger partial charge in [0.15, 0.2) is 5.78 Å². The number of carbonyl (C=O) groups excluding carboxylic acids is 1. The van der Waals surface area contributed by atoms with Crippen molar-refractivity contribution in [1.82, 2.24) is 0 Å². The maximum Gasteiger partial charge on any atom is 0.239 e. The van der Waals surface area contributed by atoms with Crippen LogP contribution in [0.3, 0.4) is 0 Å². The summed E-state index contributed by atoms with van der Waals surface area (Å²) in [6.45, 7) is 0. The van der Waals surface area contributed by atoms with Crippen molar-refractivity contribution in [3.63, 3.8) is 0 Å². The first kappa shape index (κ1) is 20.9. The van der Waals surface area contributed by atoms with Crippen molar-refractivity contribution in [2.24, 2.45) is 0 Å². The number of benzene rings is 2. The summed E-state index contributed by atoms with van der Waals surface area (Å²) in [5.41, 5.74) is 0.550. The molecule has 11 heteroatoms. The highest BCUT2D eigenvalue weighted by molar-refractivity contribution is 9.10. The lowest BCUT2D eigenvalue weighted by molar-refractivity contribution is -0.114. The van der Waals surface area contributed by atoms with Crippen molar-refractivity contribution < 1.29 is 21.6 Å². The zero-order chi connectivity index (χ0) is 19.4. The standard InChI is InChI=1S/C15H14Br2N2O5S2/c16-11-1-5-13(6-2-11)18-25(21,22)9-15(20)10-26(23,24)19-14-7-3-12(17)4-8-14/h1-8,18-19H,9-10H2. The molecule has 140 valence electrons. The summed E-state index contributed by atoms with van der Waals surface area (Å²) in [4.78, 5) is 11.9. The molecule has 2 rings (SSSR count). The van der Waals surface area contributed by atoms with Crippen LogP contribution in [0.25, 0.3) is 0 Å². The average Bonchev–Trinajstić information content (AvgIpc) is 2.50. The minimum atomic E-state index is -4.01. The summed E-state index contributed by atoms with van der Waals surface area (Å²) < 4.78 is 54.0. The van der Waals surface area contributed by atoms with Crippen LogP contribution in [-0.4, -0.2) is 34.1 Å². The summed E-state index contributed by atoms with van der Waals surface area (Å²) >= 11 is 6.44. The number of nitrogens with one attached hydrogen (secondary N) is 2. The Labute approximate surface area is 168 Å². The van der Waals surface area contributed by atoms with Crippen LogP contribution >= 0.6 is 31.9 Å². The number of hydrogen-bond acceptors (Lipinski definition) is 5. The first-order valence-corrected chi connectivity index (χ1v) is 12.0. The van der Waals surface area contributed by atoms with E-state index in [1.165, 1.54) is 24.3 Å². The Balaban J connectivity index is 1.97. The van der Waals surface area contributed by atoms with Gasteiger partial charge in [0.25, 0.3) is 0 Å². The van der Waals surface area contributed by atoms with E-state index in [9.17, 15) is 21.6 Å². The Morgan fingerprint density at radius 3 is 1.31 bits per heavy atom. The molecule has 0 aromatic heterocycles. The van der Waals surface area contributed by atoms with Gasteiger partial charge in [-0.25, -0.2) is 16.8 Å². The van der Waals surface area contributed by atoms with Crippen molar-refractivity contribution >= 4 is 69.1 Å². The first-order valence-electron chi connectivity index (χ1n) is 7.08. The molecule has 2 aromatic rings. The second kappa shape index (κ2) is 8.51. The molecule has 0 spiro atoms. The van der Waals surface area contributed by atoms with E-state index in [4.69, 9.17) is 0 Å². The predicted octanol–water partition coefficient (Wildman–Crippen LogP) is 2.96. The summed E-state index contributed by atoms with van der Waals surface area (Å²) in [5, 5.41) is 0. The molecular weight excluding hydrogens is 512 g/mol. The monoisotopic (exact) mass is 524 g/mol. The molecule has 0 aliphatic heterocycles. The van der Waals surface area contributed by atoms with Crippen molar-refractivity contribution in [1.29, 1.82) is 0 Å². The first-order chi connectivity index (χ1) is 12.0. The number of ketones is 1. The third kappa shape index (κ3) is 7.06. The van der Waals surface area contributed by atoms with E-state index in [0.717, 1.165) is 8.95 Å². The van der Waals surface area contributed by atoms with E-state index in [1.54, 1.807) is 24.3 Å². The molecule has 0 fully saturated rings. The molecular formula is C15H14Br2N2O5S2. The molecule has 0 bridgehead atoms. The van der Waals surface area contributed by atoms with E-state index in [2.05, 4.69) is 41.3 Å². The van der Waals surface area contributed by atoms with Crippen LogP contribution in [0.2, 0.25) is 0 Å². The number of hydrogen-bond donors (Lipinski definition) is 2. The van der Waals surface area contributed by atoms with Crippen molar-refractivity contribution in [2.45, 2.75) is 0 Å². The minimum absolute atomic E-state index is 0.275. The van der Waals surface area contributed by atoms with Crippen LogP contribution in [0, 0.1) is 0 Å². The fraction of sp³-hybridized carbons (Fsp3) is 0.133. The van der Waals surface area contributed by atoms with Crippen molar-refractivity contribution in [2.75, 3.05) is 20.9 Å². The van der Waals surface area contributed by atoms with Gasteiger partial charge in [-0.15, -0.1) is 0 Å². The van der Waals surface area contributed by atoms with Gasteiger partial charge < -0.3 is 0 Å². The van der Waals surface area contributed by atoms with Gasteiger partial charge in [0, 0.05) is 20.3 Å². The third-order valence-corrected chi connectivity index (χ3v) is 6.49. The highest BCUT2D eigenvalue weighted by atomic mass is 79.9. The zero-order valence-electron chi connectivity index (χ0n) is 13.1. The van der Waals surface area contributed by atoms with Crippen LogP contribution in [-0.2, 0) is 24.8 Å². The summed E-state index contributed by atoms with van der Waals surface area (Å²) in [6, 6.07) is 12.6. The van der Waals surface area contributed by atoms with E-state index in [-0.39, 0.29) is 11.4 Å². The van der Waals surface area contributed by atoms with Gasteiger partial charge in [-0.2, -0.15) is 0 Å². The van der Waals surface area contributed by atoms with E-state index >= 15 is 0 Å². The second-order valence-corrected chi connectivity index (χ2v) is 10.6.